The topological polar surface area (TPSA) is 61.9 Å². The standard InChI is InChI=1S/C27H34F3N3O3/c1-16(2)18-7-5-8-19(17(3)4)23(18)33-25(34)20-15-27(30,24(29)22(28)21(20)26(33)35)31-9-6-10-32-11-13-36-14-12-32/h5,7-8,15-17,24,31H,6,9-14H2,1-4H3. The summed E-state index contributed by atoms with van der Waals surface area (Å²) in [6.07, 6.45) is -1.49. The molecule has 2 saturated heterocycles. The molecule has 1 aromatic carbocycles. The molecule has 0 saturated carbocycles. The number of halogens is 3. The van der Waals surface area contributed by atoms with E-state index in [1.807, 2.05) is 33.8 Å². The van der Waals surface area contributed by atoms with Crippen molar-refractivity contribution in [3.8, 4) is 0 Å². The van der Waals surface area contributed by atoms with Gasteiger partial charge in [0, 0.05) is 13.1 Å². The van der Waals surface area contributed by atoms with Gasteiger partial charge in [0.1, 0.15) is 0 Å². The summed E-state index contributed by atoms with van der Waals surface area (Å²) in [4.78, 5) is 29.9. The average molecular weight is 506 g/mol. The summed E-state index contributed by atoms with van der Waals surface area (Å²) in [5, 5.41) is 2.45. The van der Waals surface area contributed by atoms with Crippen LogP contribution >= 0.6 is 0 Å². The van der Waals surface area contributed by atoms with E-state index < -0.39 is 40.8 Å². The maximum atomic E-state index is 15.7. The second kappa shape index (κ2) is 10.5. The number of alkyl halides is 2. The van der Waals surface area contributed by atoms with Crippen molar-refractivity contribution >= 4 is 17.5 Å². The average Bonchev–Trinajstić information content (AvgIpc) is 3.09. The summed E-state index contributed by atoms with van der Waals surface area (Å²) in [6, 6.07) is 5.46. The highest BCUT2D eigenvalue weighted by Gasteiger charge is 2.54. The number of imide groups is 1. The van der Waals surface area contributed by atoms with E-state index in [1.165, 1.54) is 0 Å². The van der Waals surface area contributed by atoms with Crippen LogP contribution in [-0.2, 0) is 14.3 Å². The van der Waals surface area contributed by atoms with Gasteiger partial charge in [-0.1, -0.05) is 45.9 Å². The van der Waals surface area contributed by atoms with Crippen LogP contribution in [0.15, 0.2) is 41.2 Å². The zero-order valence-corrected chi connectivity index (χ0v) is 21.2. The lowest BCUT2D eigenvalue weighted by Crippen LogP contribution is -2.50. The number of hydrogen-bond donors (Lipinski definition) is 1. The van der Waals surface area contributed by atoms with Crippen LogP contribution in [0.5, 0.6) is 0 Å². The molecule has 0 bridgehead atoms. The van der Waals surface area contributed by atoms with E-state index in [9.17, 15) is 9.59 Å². The highest BCUT2D eigenvalue weighted by molar-refractivity contribution is 6.37. The number of fused-ring (bicyclic) bond motifs is 1. The molecule has 9 heteroatoms. The minimum atomic E-state index is -2.93. The maximum absolute atomic E-state index is 15.7. The van der Waals surface area contributed by atoms with Crippen LogP contribution in [-0.4, -0.2) is 68.1 Å². The van der Waals surface area contributed by atoms with Crippen molar-refractivity contribution in [1.29, 1.82) is 0 Å². The van der Waals surface area contributed by atoms with Crippen molar-refractivity contribution in [1.82, 2.24) is 10.2 Å². The number of nitrogens with one attached hydrogen (secondary N) is 1. The summed E-state index contributed by atoms with van der Waals surface area (Å²) in [6.45, 7) is 11.2. The molecule has 2 atom stereocenters. The number of morpholine rings is 1. The fourth-order valence-electron chi connectivity index (χ4n) is 5.03. The van der Waals surface area contributed by atoms with E-state index in [0.29, 0.717) is 31.9 Å². The Bertz CT molecular complexity index is 1070. The number of hydrogen-bond acceptors (Lipinski definition) is 5. The number of benzene rings is 1. The first-order valence-electron chi connectivity index (χ1n) is 12.6. The van der Waals surface area contributed by atoms with Crippen LogP contribution in [0.3, 0.4) is 0 Å². The van der Waals surface area contributed by atoms with Crippen molar-refractivity contribution < 1.29 is 27.5 Å². The third-order valence-corrected chi connectivity index (χ3v) is 7.02. The van der Waals surface area contributed by atoms with Gasteiger partial charge in [0.25, 0.3) is 11.8 Å². The van der Waals surface area contributed by atoms with E-state index >= 15 is 13.2 Å². The van der Waals surface area contributed by atoms with Gasteiger partial charge < -0.3 is 4.74 Å². The lowest BCUT2D eigenvalue weighted by molar-refractivity contribution is -0.119. The van der Waals surface area contributed by atoms with E-state index in [1.54, 1.807) is 12.1 Å². The van der Waals surface area contributed by atoms with Gasteiger partial charge in [-0.3, -0.25) is 19.8 Å². The van der Waals surface area contributed by atoms with E-state index in [-0.39, 0.29) is 18.4 Å². The second-order valence-corrected chi connectivity index (χ2v) is 10.2. The summed E-state index contributed by atoms with van der Waals surface area (Å²) in [5.74, 6) is -6.38. The molecule has 0 radical (unpaired) electrons. The van der Waals surface area contributed by atoms with Gasteiger partial charge >= 0.3 is 0 Å². The Balaban J connectivity index is 1.63. The Labute approximate surface area is 210 Å². The monoisotopic (exact) mass is 505 g/mol. The molecule has 2 aliphatic heterocycles. The second-order valence-electron chi connectivity index (χ2n) is 10.2. The number of rotatable bonds is 8. The SMILES string of the molecule is CC(C)c1cccc(C(C)C)c1N1C(=O)C2=CC(F)(NCCCN3CCOCC3)C(F)C(F)=C2C1=O. The molecule has 4 rings (SSSR count). The largest absolute Gasteiger partial charge is 0.379 e. The molecule has 2 heterocycles. The molecule has 196 valence electrons. The van der Waals surface area contributed by atoms with Crippen LogP contribution in [0.1, 0.15) is 57.1 Å². The number of carbonyl (C=O) groups excluding carboxylic acids is 2. The molecular formula is C27H34F3N3O3. The molecule has 0 spiro atoms. The molecule has 1 N–H and O–H groups in total. The molecule has 2 unspecified atom stereocenters. The van der Waals surface area contributed by atoms with Crippen LogP contribution in [0.2, 0.25) is 0 Å². The normalized spacial score (nSPS) is 25.3. The van der Waals surface area contributed by atoms with Gasteiger partial charge in [-0.15, -0.1) is 0 Å². The van der Waals surface area contributed by atoms with Crippen molar-refractivity contribution in [2.24, 2.45) is 0 Å². The zero-order valence-electron chi connectivity index (χ0n) is 21.2. The predicted octanol–water partition coefficient (Wildman–Crippen LogP) is 4.29. The number of para-hydroxylation sites is 1. The molecule has 1 aromatic rings. The number of anilines is 1. The van der Waals surface area contributed by atoms with Crippen molar-refractivity contribution in [3.05, 3.63) is 52.4 Å². The Morgan fingerprint density at radius 2 is 1.69 bits per heavy atom. The summed E-state index contributed by atoms with van der Waals surface area (Å²) in [7, 11) is 0. The molecule has 6 nitrogen and oxygen atoms in total. The van der Waals surface area contributed by atoms with Crippen LogP contribution in [0.25, 0.3) is 0 Å². The highest BCUT2D eigenvalue weighted by atomic mass is 19.2. The van der Waals surface area contributed by atoms with Gasteiger partial charge in [-0.05, 0) is 48.5 Å². The fraction of sp³-hybridized carbons (Fsp3) is 0.556. The van der Waals surface area contributed by atoms with Crippen LogP contribution in [0, 0.1) is 0 Å². The zero-order chi connectivity index (χ0) is 26.2. The summed E-state index contributed by atoms with van der Waals surface area (Å²) in [5.41, 5.74) is 0.693. The fourth-order valence-corrected chi connectivity index (χ4v) is 5.03. The predicted molar refractivity (Wildman–Crippen MR) is 132 cm³/mol. The molecule has 2 fully saturated rings. The third kappa shape index (κ3) is 4.76. The van der Waals surface area contributed by atoms with E-state index in [2.05, 4.69) is 10.2 Å². The summed E-state index contributed by atoms with van der Waals surface area (Å²) < 4.78 is 51.3. The minimum absolute atomic E-state index is 0.0444. The first-order valence-corrected chi connectivity index (χ1v) is 12.6. The number of carbonyl (C=O) groups is 2. The maximum Gasteiger partial charge on any atom is 0.268 e. The Kier molecular flexibility index (Phi) is 7.73. The van der Waals surface area contributed by atoms with Gasteiger partial charge in [-0.25, -0.2) is 18.1 Å². The Hall–Kier alpha value is -2.49. The Morgan fingerprint density at radius 3 is 2.28 bits per heavy atom. The number of nitrogens with zero attached hydrogens (tertiary/aromatic N) is 2. The molecule has 3 aliphatic rings. The molecule has 1 aliphatic carbocycles. The molecular weight excluding hydrogens is 471 g/mol. The first-order chi connectivity index (χ1) is 17.1. The minimum Gasteiger partial charge on any atom is -0.379 e. The number of ether oxygens (including phenoxy) is 1. The van der Waals surface area contributed by atoms with Gasteiger partial charge in [-0.2, -0.15) is 0 Å². The first kappa shape index (κ1) is 26.6. The van der Waals surface area contributed by atoms with Gasteiger partial charge in [0.15, 0.2) is 5.83 Å². The van der Waals surface area contributed by atoms with Gasteiger partial charge in [0.2, 0.25) is 12.0 Å². The van der Waals surface area contributed by atoms with Crippen molar-refractivity contribution in [2.75, 3.05) is 44.3 Å². The highest BCUT2D eigenvalue weighted by Crippen LogP contribution is 2.45. The lowest BCUT2D eigenvalue weighted by atomic mass is 9.92. The van der Waals surface area contributed by atoms with E-state index in [4.69, 9.17) is 4.74 Å². The Morgan fingerprint density at radius 1 is 1.08 bits per heavy atom. The van der Waals surface area contributed by atoms with Crippen molar-refractivity contribution in [3.63, 3.8) is 0 Å². The lowest BCUT2D eigenvalue weighted by Gasteiger charge is -2.31. The van der Waals surface area contributed by atoms with Crippen LogP contribution < -0.4 is 10.2 Å². The number of amides is 2. The molecule has 0 aromatic heterocycles. The quantitative estimate of drug-likeness (QED) is 0.325. The van der Waals surface area contributed by atoms with Crippen LogP contribution in [0.4, 0.5) is 18.9 Å². The third-order valence-electron chi connectivity index (χ3n) is 7.02. The van der Waals surface area contributed by atoms with Crippen molar-refractivity contribution in [2.45, 2.75) is 57.9 Å². The summed E-state index contributed by atoms with van der Waals surface area (Å²) >= 11 is 0. The molecule has 36 heavy (non-hydrogen) atoms. The van der Waals surface area contributed by atoms with Gasteiger partial charge in [0.05, 0.1) is 30.0 Å². The van der Waals surface area contributed by atoms with E-state index in [0.717, 1.165) is 35.2 Å². The molecule has 2 amide bonds. The smallest absolute Gasteiger partial charge is 0.268 e.